The SMILES string of the molecule is COc1ccc(N)cc1S(=O)(=O)NC(C)C(C)(C)C. The Labute approximate surface area is 115 Å². The first-order valence-corrected chi connectivity index (χ1v) is 7.52. The smallest absolute Gasteiger partial charge is 0.244 e. The molecule has 0 heterocycles. The second-order valence-corrected chi connectivity index (χ2v) is 7.30. The van der Waals surface area contributed by atoms with Crippen LogP contribution in [0.3, 0.4) is 0 Å². The molecular formula is C13H22N2O3S. The molecule has 1 rings (SSSR count). The van der Waals surface area contributed by atoms with Gasteiger partial charge in [-0.2, -0.15) is 0 Å². The topological polar surface area (TPSA) is 81.4 Å². The Kier molecular flexibility index (Phi) is 4.47. The van der Waals surface area contributed by atoms with E-state index in [0.717, 1.165) is 0 Å². The highest BCUT2D eigenvalue weighted by Crippen LogP contribution is 2.27. The van der Waals surface area contributed by atoms with E-state index in [2.05, 4.69) is 4.72 Å². The first kappa shape index (κ1) is 15.8. The number of methoxy groups -OCH3 is 1. The zero-order chi connectivity index (χ0) is 14.8. The standard InChI is InChI=1S/C13H22N2O3S/c1-9(13(2,3)4)15-19(16,17)12-8-10(14)6-7-11(12)18-5/h6-9,15H,14H2,1-5H3. The van der Waals surface area contributed by atoms with Crippen molar-refractivity contribution >= 4 is 15.7 Å². The van der Waals surface area contributed by atoms with Crippen molar-refractivity contribution in [1.82, 2.24) is 4.72 Å². The van der Waals surface area contributed by atoms with Crippen LogP contribution in [0.25, 0.3) is 0 Å². The molecule has 19 heavy (non-hydrogen) atoms. The number of nitrogens with two attached hydrogens (primary N) is 1. The van der Waals surface area contributed by atoms with Gasteiger partial charge in [-0.3, -0.25) is 0 Å². The highest BCUT2D eigenvalue weighted by atomic mass is 32.2. The van der Waals surface area contributed by atoms with Crippen molar-refractivity contribution in [1.29, 1.82) is 0 Å². The lowest BCUT2D eigenvalue weighted by Gasteiger charge is -2.28. The van der Waals surface area contributed by atoms with Crippen LogP contribution in [-0.2, 0) is 10.0 Å². The van der Waals surface area contributed by atoms with Crippen LogP contribution in [0.15, 0.2) is 23.1 Å². The van der Waals surface area contributed by atoms with Gasteiger partial charge in [0.2, 0.25) is 10.0 Å². The monoisotopic (exact) mass is 286 g/mol. The number of anilines is 1. The fourth-order valence-corrected chi connectivity index (χ4v) is 3.03. The fourth-order valence-electron chi connectivity index (χ4n) is 1.38. The normalized spacial score (nSPS) is 14.2. The molecule has 0 bridgehead atoms. The maximum Gasteiger partial charge on any atom is 0.244 e. The summed E-state index contributed by atoms with van der Waals surface area (Å²) in [6.45, 7) is 7.74. The number of hydrogen-bond donors (Lipinski definition) is 2. The van der Waals surface area contributed by atoms with Crippen LogP contribution in [0, 0.1) is 5.41 Å². The van der Waals surface area contributed by atoms with E-state index in [1.807, 2.05) is 27.7 Å². The Bertz CT molecular complexity index is 547. The minimum Gasteiger partial charge on any atom is -0.495 e. The Hall–Kier alpha value is -1.27. The number of nitrogens with one attached hydrogen (secondary N) is 1. The van der Waals surface area contributed by atoms with E-state index in [4.69, 9.17) is 10.5 Å². The Morgan fingerprint density at radius 2 is 1.89 bits per heavy atom. The van der Waals surface area contributed by atoms with Gasteiger partial charge >= 0.3 is 0 Å². The van der Waals surface area contributed by atoms with Crippen LogP contribution in [0.1, 0.15) is 27.7 Å². The first-order valence-electron chi connectivity index (χ1n) is 6.04. The van der Waals surface area contributed by atoms with E-state index >= 15 is 0 Å². The van der Waals surface area contributed by atoms with Crippen molar-refractivity contribution in [3.05, 3.63) is 18.2 Å². The molecule has 6 heteroatoms. The molecule has 5 nitrogen and oxygen atoms in total. The lowest BCUT2D eigenvalue weighted by atomic mass is 9.89. The Morgan fingerprint density at radius 3 is 2.37 bits per heavy atom. The summed E-state index contributed by atoms with van der Waals surface area (Å²) in [6, 6.07) is 4.33. The summed E-state index contributed by atoms with van der Waals surface area (Å²) >= 11 is 0. The highest BCUT2D eigenvalue weighted by molar-refractivity contribution is 7.89. The number of benzene rings is 1. The highest BCUT2D eigenvalue weighted by Gasteiger charge is 2.27. The van der Waals surface area contributed by atoms with Gasteiger partial charge in [-0.25, -0.2) is 13.1 Å². The van der Waals surface area contributed by atoms with Crippen LogP contribution in [0.5, 0.6) is 5.75 Å². The number of ether oxygens (including phenoxy) is 1. The van der Waals surface area contributed by atoms with Crippen LogP contribution < -0.4 is 15.2 Å². The average Bonchev–Trinajstić information content (AvgIpc) is 2.27. The van der Waals surface area contributed by atoms with Crippen LogP contribution >= 0.6 is 0 Å². The molecule has 0 aromatic heterocycles. The van der Waals surface area contributed by atoms with Gasteiger partial charge in [0.15, 0.2) is 0 Å². The molecule has 0 spiro atoms. The zero-order valence-corrected chi connectivity index (χ0v) is 12.8. The second kappa shape index (κ2) is 5.38. The molecule has 1 aromatic carbocycles. The minimum atomic E-state index is -3.66. The van der Waals surface area contributed by atoms with Crippen molar-refractivity contribution in [2.75, 3.05) is 12.8 Å². The van der Waals surface area contributed by atoms with E-state index in [-0.39, 0.29) is 22.1 Å². The van der Waals surface area contributed by atoms with Gasteiger partial charge in [0.25, 0.3) is 0 Å². The molecule has 108 valence electrons. The summed E-state index contributed by atoms with van der Waals surface area (Å²) in [6.07, 6.45) is 0. The fraction of sp³-hybridized carbons (Fsp3) is 0.538. The van der Waals surface area contributed by atoms with E-state index in [1.165, 1.54) is 13.2 Å². The third kappa shape index (κ3) is 3.84. The molecule has 1 atom stereocenters. The van der Waals surface area contributed by atoms with Crippen molar-refractivity contribution < 1.29 is 13.2 Å². The van der Waals surface area contributed by atoms with E-state index in [0.29, 0.717) is 5.69 Å². The van der Waals surface area contributed by atoms with E-state index < -0.39 is 10.0 Å². The molecule has 1 unspecified atom stereocenters. The third-order valence-corrected chi connectivity index (χ3v) is 4.67. The van der Waals surface area contributed by atoms with E-state index in [1.54, 1.807) is 12.1 Å². The van der Waals surface area contributed by atoms with Crippen molar-refractivity contribution in [3.63, 3.8) is 0 Å². The number of hydrogen-bond acceptors (Lipinski definition) is 4. The van der Waals surface area contributed by atoms with Crippen LogP contribution in [0.4, 0.5) is 5.69 Å². The van der Waals surface area contributed by atoms with Gasteiger partial charge in [0.05, 0.1) is 7.11 Å². The summed E-state index contributed by atoms with van der Waals surface area (Å²) in [4.78, 5) is 0.0612. The summed E-state index contributed by atoms with van der Waals surface area (Å²) in [5, 5.41) is 0. The molecule has 0 aliphatic rings. The molecule has 0 saturated carbocycles. The first-order chi connectivity index (χ1) is 8.58. The molecular weight excluding hydrogens is 264 g/mol. The van der Waals surface area contributed by atoms with Crippen LogP contribution in [0.2, 0.25) is 0 Å². The van der Waals surface area contributed by atoms with Gasteiger partial charge in [-0.05, 0) is 30.5 Å². The van der Waals surface area contributed by atoms with Gasteiger partial charge in [-0.15, -0.1) is 0 Å². The van der Waals surface area contributed by atoms with Gasteiger partial charge in [0, 0.05) is 11.7 Å². The maximum atomic E-state index is 12.4. The zero-order valence-electron chi connectivity index (χ0n) is 12.0. The molecule has 0 saturated heterocycles. The molecule has 0 radical (unpaired) electrons. The summed E-state index contributed by atoms with van der Waals surface area (Å²) < 4.78 is 32.5. The van der Waals surface area contributed by atoms with Crippen molar-refractivity contribution in [2.45, 2.75) is 38.6 Å². The van der Waals surface area contributed by atoms with Crippen LogP contribution in [-0.4, -0.2) is 21.6 Å². The molecule has 1 aromatic rings. The average molecular weight is 286 g/mol. The lowest BCUT2D eigenvalue weighted by molar-refractivity contribution is 0.317. The molecule has 0 amide bonds. The Balaban J connectivity index is 3.17. The summed E-state index contributed by atoms with van der Waals surface area (Å²) in [5.74, 6) is 0.280. The van der Waals surface area contributed by atoms with Crippen molar-refractivity contribution in [3.8, 4) is 5.75 Å². The summed E-state index contributed by atoms with van der Waals surface area (Å²) in [7, 11) is -2.23. The van der Waals surface area contributed by atoms with E-state index in [9.17, 15) is 8.42 Å². The molecule has 0 aliphatic heterocycles. The number of rotatable bonds is 4. The van der Waals surface area contributed by atoms with Gasteiger partial charge < -0.3 is 10.5 Å². The lowest BCUT2D eigenvalue weighted by Crippen LogP contribution is -2.41. The minimum absolute atomic E-state index is 0.0612. The molecule has 0 fully saturated rings. The van der Waals surface area contributed by atoms with Gasteiger partial charge in [-0.1, -0.05) is 20.8 Å². The molecule has 0 aliphatic carbocycles. The third-order valence-electron chi connectivity index (χ3n) is 3.11. The predicted octanol–water partition coefficient (Wildman–Crippen LogP) is 1.99. The predicted molar refractivity (Wildman–Crippen MR) is 76.6 cm³/mol. The van der Waals surface area contributed by atoms with Crippen molar-refractivity contribution in [2.24, 2.45) is 5.41 Å². The number of sulfonamides is 1. The summed E-state index contributed by atoms with van der Waals surface area (Å²) in [5.41, 5.74) is 5.85. The largest absolute Gasteiger partial charge is 0.495 e. The quantitative estimate of drug-likeness (QED) is 0.829. The number of nitrogen functional groups attached to an aromatic ring is 1. The second-order valence-electron chi connectivity index (χ2n) is 5.62. The molecule has 3 N–H and O–H groups in total. The maximum absolute atomic E-state index is 12.4. The Morgan fingerprint density at radius 1 is 1.32 bits per heavy atom. The van der Waals surface area contributed by atoms with Gasteiger partial charge in [0.1, 0.15) is 10.6 Å².